The molecule has 1 aromatic heterocycles. The number of carbonyl (C=O) groups excluding carboxylic acids is 1. The standard InChI is InChI=1S/C16H26N6O3S/c23-16(20-14-4-1-2-5-14)19-8-13-26(24,25)22-11-9-21(10-12-22)15-17-6-3-7-18-15/h3,6-7,14H,1-2,4-5,8-13H2,(H2,19,20,23). The number of hydrogen-bond acceptors (Lipinski definition) is 6. The number of anilines is 1. The van der Waals surface area contributed by atoms with Gasteiger partial charge in [0.2, 0.25) is 16.0 Å². The minimum absolute atomic E-state index is 0.0904. The van der Waals surface area contributed by atoms with Gasteiger partial charge in [-0.25, -0.2) is 23.2 Å². The third-order valence-corrected chi connectivity index (χ3v) is 6.67. The lowest BCUT2D eigenvalue weighted by Gasteiger charge is -2.33. The van der Waals surface area contributed by atoms with E-state index in [2.05, 4.69) is 20.6 Å². The quantitative estimate of drug-likeness (QED) is 0.726. The first kappa shape index (κ1) is 18.8. The molecule has 0 radical (unpaired) electrons. The molecule has 0 aromatic carbocycles. The van der Waals surface area contributed by atoms with Crippen LogP contribution in [0.15, 0.2) is 18.5 Å². The van der Waals surface area contributed by atoms with Gasteiger partial charge < -0.3 is 15.5 Å². The molecule has 10 heteroatoms. The van der Waals surface area contributed by atoms with Gasteiger partial charge in [-0.15, -0.1) is 0 Å². The molecule has 1 aliphatic heterocycles. The molecular weight excluding hydrogens is 356 g/mol. The maximum Gasteiger partial charge on any atom is 0.315 e. The van der Waals surface area contributed by atoms with Gasteiger partial charge in [-0.1, -0.05) is 12.8 Å². The van der Waals surface area contributed by atoms with Crippen LogP contribution in [0, 0.1) is 0 Å². The highest BCUT2D eigenvalue weighted by atomic mass is 32.2. The van der Waals surface area contributed by atoms with Crippen LogP contribution < -0.4 is 15.5 Å². The van der Waals surface area contributed by atoms with Crippen molar-refractivity contribution in [1.82, 2.24) is 24.9 Å². The Labute approximate surface area is 154 Å². The second-order valence-electron chi connectivity index (χ2n) is 6.63. The molecule has 2 heterocycles. The molecule has 1 saturated heterocycles. The summed E-state index contributed by atoms with van der Waals surface area (Å²) in [6, 6.07) is 1.69. The van der Waals surface area contributed by atoms with Gasteiger partial charge in [0.05, 0.1) is 5.75 Å². The van der Waals surface area contributed by atoms with E-state index < -0.39 is 10.0 Å². The van der Waals surface area contributed by atoms with Crippen molar-refractivity contribution in [3.8, 4) is 0 Å². The van der Waals surface area contributed by atoms with Gasteiger partial charge in [-0.2, -0.15) is 4.31 Å². The van der Waals surface area contributed by atoms with Gasteiger partial charge in [-0.3, -0.25) is 0 Å². The van der Waals surface area contributed by atoms with Crippen molar-refractivity contribution >= 4 is 22.0 Å². The van der Waals surface area contributed by atoms with E-state index in [0.29, 0.717) is 32.1 Å². The second-order valence-corrected chi connectivity index (χ2v) is 8.72. The molecular formula is C16H26N6O3S. The zero-order chi connectivity index (χ0) is 18.4. The highest BCUT2D eigenvalue weighted by Gasteiger charge is 2.27. The average molecular weight is 382 g/mol. The van der Waals surface area contributed by atoms with Crippen LogP contribution in [-0.4, -0.2) is 73.2 Å². The molecule has 3 rings (SSSR count). The topological polar surface area (TPSA) is 108 Å². The number of aromatic nitrogens is 2. The monoisotopic (exact) mass is 382 g/mol. The van der Waals surface area contributed by atoms with Crippen molar-refractivity contribution < 1.29 is 13.2 Å². The number of carbonyl (C=O) groups is 1. The summed E-state index contributed by atoms with van der Waals surface area (Å²) in [7, 11) is -3.39. The minimum atomic E-state index is -3.39. The maximum atomic E-state index is 12.5. The molecule has 2 amide bonds. The van der Waals surface area contributed by atoms with Crippen LogP contribution in [0.4, 0.5) is 10.7 Å². The van der Waals surface area contributed by atoms with Gasteiger partial charge in [-0.05, 0) is 18.9 Å². The van der Waals surface area contributed by atoms with Crippen molar-refractivity contribution in [2.75, 3.05) is 43.4 Å². The number of nitrogens with zero attached hydrogens (tertiary/aromatic N) is 4. The third kappa shape index (κ3) is 5.04. The Hall–Kier alpha value is -1.94. The van der Waals surface area contributed by atoms with Gasteiger partial charge in [0.25, 0.3) is 0 Å². The molecule has 0 bridgehead atoms. The van der Waals surface area contributed by atoms with Gasteiger partial charge >= 0.3 is 6.03 Å². The normalized spacial score (nSPS) is 19.5. The van der Waals surface area contributed by atoms with Gasteiger partial charge in [0.15, 0.2) is 0 Å². The van der Waals surface area contributed by atoms with E-state index in [0.717, 1.165) is 25.7 Å². The first-order valence-electron chi connectivity index (χ1n) is 9.09. The maximum absolute atomic E-state index is 12.5. The molecule has 144 valence electrons. The highest BCUT2D eigenvalue weighted by Crippen LogP contribution is 2.17. The molecule has 9 nitrogen and oxygen atoms in total. The predicted octanol–water partition coefficient (Wildman–Crippen LogP) is 0.170. The summed E-state index contributed by atoms with van der Waals surface area (Å²) in [5.41, 5.74) is 0. The van der Waals surface area contributed by atoms with Crippen molar-refractivity contribution in [2.24, 2.45) is 0 Å². The van der Waals surface area contributed by atoms with E-state index in [4.69, 9.17) is 0 Å². The summed E-state index contributed by atoms with van der Waals surface area (Å²) in [6.07, 6.45) is 7.63. The molecule has 26 heavy (non-hydrogen) atoms. The van der Waals surface area contributed by atoms with Crippen molar-refractivity contribution in [3.05, 3.63) is 18.5 Å². The van der Waals surface area contributed by atoms with Crippen molar-refractivity contribution in [2.45, 2.75) is 31.7 Å². The van der Waals surface area contributed by atoms with E-state index in [1.54, 1.807) is 18.5 Å². The Balaban J connectivity index is 1.40. The van der Waals surface area contributed by atoms with Crippen LogP contribution in [0.3, 0.4) is 0 Å². The number of amides is 2. The van der Waals surface area contributed by atoms with E-state index in [1.165, 1.54) is 4.31 Å². The predicted molar refractivity (Wildman–Crippen MR) is 98.4 cm³/mol. The Morgan fingerprint density at radius 3 is 2.42 bits per heavy atom. The van der Waals surface area contributed by atoms with Gasteiger partial charge in [0, 0.05) is 51.2 Å². The zero-order valence-electron chi connectivity index (χ0n) is 14.8. The Morgan fingerprint density at radius 1 is 1.12 bits per heavy atom. The number of rotatable bonds is 6. The number of urea groups is 1. The van der Waals surface area contributed by atoms with Gasteiger partial charge in [0.1, 0.15) is 0 Å². The fourth-order valence-corrected chi connectivity index (χ4v) is 4.69. The number of hydrogen-bond donors (Lipinski definition) is 2. The average Bonchev–Trinajstić information content (AvgIpc) is 3.15. The molecule has 0 spiro atoms. The summed E-state index contributed by atoms with van der Waals surface area (Å²) in [5.74, 6) is 0.530. The first-order chi connectivity index (χ1) is 12.5. The van der Waals surface area contributed by atoms with E-state index >= 15 is 0 Å². The molecule has 2 aliphatic rings. The van der Waals surface area contributed by atoms with E-state index in [1.807, 2.05) is 4.90 Å². The molecule has 2 N–H and O–H groups in total. The largest absolute Gasteiger partial charge is 0.338 e. The Kier molecular flexibility index (Phi) is 6.25. The lowest BCUT2D eigenvalue weighted by molar-refractivity contribution is 0.237. The summed E-state index contributed by atoms with van der Waals surface area (Å²) in [6.45, 7) is 2.02. The summed E-state index contributed by atoms with van der Waals surface area (Å²) < 4.78 is 26.4. The van der Waals surface area contributed by atoms with Crippen LogP contribution in [0.5, 0.6) is 0 Å². The summed E-state index contributed by atoms with van der Waals surface area (Å²) >= 11 is 0. The van der Waals surface area contributed by atoms with Crippen molar-refractivity contribution in [1.29, 1.82) is 0 Å². The highest BCUT2D eigenvalue weighted by molar-refractivity contribution is 7.89. The van der Waals surface area contributed by atoms with E-state index in [-0.39, 0.29) is 24.4 Å². The smallest absolute Gasteiger partial charge is 0.315 e. The summed E-state index contributed by atoms with van der Waals surface area (Å²) in [5, 5.41) is 5.54. The lowest BCUT2D eigenvalue weighted by Crippen LogP contribution is -2.51. The van der Waals surface area contributed by atoms with Crippen LogP contribution in [-0.2, 0) is 10.0 Å². The number of nitrogens with one attached hydrogen (secondary N) is 2. The molecule has 1 aliphatic carbocycles. The summed E-state index contributed by atoms with van der Waals surface area (Å²) in [4.78, 5) is 22.2. The number of piperazine rings is 1. The zero-order valence-corrected chi connectivity index (χ0v) is 15.6. The number of sulfonamides is 1. The fraction of sp³-hybridized carbons (Fsp3) is 0.688. The van der Waals surface area contributed by atoms with Crippen LogP contribution in [0.25, 0.3) is 0 Å². The molecule has 1 aromatic rings. The molecule has 2 fully saturated rings. The SMILES string of the molecule is O=C(NCCS(=O)(=O)N1CCN(c2ncccn2)CC1)NC1CCCC1. The van der Waals surface area contributed by atoms with Crippen LogP contribution in [0.1, 0.15) is 25.7 Å². The third-order valence-electron chi connectivity index (χ3n) is 4.80. The van der Waals surface area contributed by atoms with Crippen LogP contribution >= 0.6 is 0 Å². The first-order valence-corrected chi connectivity index (χ1v) is 10.7. The molecule has 0 atom stereocenters. The van der Waals surface area contributed by atoms with Crippen LogP contribution in [0.2, 0.25) is 0 Å². The van der Waals surface area contributed by atoms with E-state index in [9.17, 15) is 13.2 Å². The Bertz CT molecular complexity index is 685. The Morgan fingerprint density at radius 2 is 1.77 bits per heavy atom. The lowest BCUT2D eigenvalue weighted by atomic mass is 10.3. The fourth-order valence-electron chi connectivity index (χ4n) is 3.35. The molecule has 1 saturated carbocycles. The van der Waals surface area contributed by atoms with Crippen molar-refractivity contribution in [3.63, 3.8) is 0 Å². The second kappa shape index (κ2) is 8.63. The minimum Gasteiger partial charge on any atom is -0.338 e. The molecule has 0 unspecified atom stereocenters.